The number of carbonyl (C=O) groups is 1. The van der Waals surface area contributed by atoms with Crippen LogP contribution < -0.4 is 4.74 Å². The van der Waals surface area contributed by atoms with Gasteiger partial charge < -0.3 is 9.84 Å². The van der Waals surface area contributed by atoms with Crippen LogP contribution in [0.1, 0.15) is 12.5 Å². The number of hydrogen-bond acceptors (Lipinski definition) is 3. The molecule has 0 aliphatic heterocycles. The lowest BCUT2D eigenvalue weighted by Gasteiger charge is -2.01. The average Bonchev–Trinajstić information content (AvgIpc) is 2.16. The molecule has 4 nitrogen and oxygen atoms in total. The number of carboxylic acid groups (broad SMARTS) is 1. The lowest BCUT2D eigenvalue weighted by atomic mass is 10.2. The zero-order valence-electron chi connectivity index (χ0n) is 7.80. The van der Waals surface area contributed by atoms with Crippen molar-refractivity contribution in [2.75, 3.05) is 6.61 Å². The number of ether oxygens (including phenoxy) is 1. The SMILES string of the molecule is CCOc1cncc(C=CC(=O)O)c1. The van der Waals surface area contributed by atoms with Crippen LogP contribution in [0.2, 0.25) is 0 Å². The molecule has 0 bridgehead atoms. The molecule has 1 heterocycles. The summed E-state index contributed by atoms with van der Waals surface area (Å²) in [6, 6.07) is 1.73. The van der Waals surface area contributed by atoms with Crippen molar-refractivity contribution in [1.82, 2.24) is 4.98 Å². The third kappa shape index (κ3) is 3.26. The first-order chi connectivity index (χ1) is 6.72. The van der Waals surface area contributed by atoms with Crippen molar-refractivity contribution in [3.05, 3.63) is 30.1 Å². The molecule has 0 aromatic carbocycles. The van der Waals surface area contributed by atoms with Crippen LogP contribution in [0.4, 0.5) is 0 Å². The smallest absolute Gasteiger partial charge is 0.328 e. The summed E-state index contributed by atoms with van der Waals surface area (Å²) in [6.07, 6.45) is 5.69. The van der Waals surface area contributed by atoms with E-state index in [9.17, 15) is 4.79 Å². The Morgan fingerprint density at radius 2 is 2.43 bits per heavy atom. The van der Waals surface area contributed by atoms with Gasteiger partial charge in [0.25, 0.3) is 0 Å². The third-order valence-electron chi connectivity index (χ3n) is 1.46. The molecule has 1 aromatic rings. The Balaban J connectivity index is 2.77. The molecule has 0 fully saturated rings. The number of pyridine rings is 1. The fourth-order valence-corrected chi connectivity index (χ4v) is 0.940. The number of rotatable bonds is 4. The summed E-state index contributed by atoms with van der Waals surface area (Å²) < 4.78 is 5.21. The predicted octanol–water partition coefficient (Wildman–Crippen LogP) is 1.58. The van der Waals surface area contributed by atoms with E-state index in [1.807, 2.05) is 6.92 Å². The van der Waals surface area contributed by atoms with Crippen molar-refractivity contribution in [3.63, 3.8) is 0 Å². The van der Waals surface area contributed by atoms with Crippen molar-refractivity contribution in [2.45, 2.75) is 6.92 Å². The van der Waals surface area contributed by atoms with E-state index in [0.717, 1.165) is 6.08 Å². The van der Waals surface area contributed by atoms with Gasteiger partial charge in [0.2, 0.25) is 0 Å². The first-order valence-electron chi connectivity index (χ1n) is 4.21. The summed E-state index contributed by atoms with van der Waals surface area (Å²) in [5.74, 6) is -0.341. The molecular weight excluding hydrogens is 182 g/mol. The molecule has 0 spiro atoms. The Kier molecular flexibility index (Phi) is 3.67. The van der Waals surface area contributed by atoms with Crippen LogP contribution >= 0.6 is 0 Å². The van der Waals surface area contributed by atoms with E-state index in [1.54, 1.807) is 18.5 Å². The zero-order valence-corrected chi connectivity index (χ0v) is 7.80. The van der Waals surface area contributed by atoms with Gasteiger partial charge in [0.15, 0.2) is 0 Å². The number of carboxylic acids is 1. The van der Waals surface area contributed by atoms with Crippen LogP contribution in [0.3, 0.4) is 0 Å². The Bertz CT molecular complexity index is 347. The van der Waals surface area contributed by atoms with E-state index in [2.05, 4.69) is 4.98 Å². The quantitative estimate of drug-likeness (QED) is 0.737. The highest BCUT2D eigenvalue weighted by Crippen LogP contribution is 2.11. The fourth-order valence-electron chi connectivity index (χ4n) is 0.940. The molecule has 1 rings (SSSR count). The molecule has 1 aromatic heterocycles. The highest BCUT2D eigenvalue weighted by Gasteiger charge is 1.94. The fraction of sp³-hybridized carbons (Fsp3) is 0.200. The minimum atomic E-state index is -0.980. The summed E-state index contributed by atoms with van der Waals surface area (Å²) in [6.45, 7) is 2.44. The second kappa shape index (κ2) is 5.01. The third-order valence-corrected chi connectivity index (χ3v) is 1.46. The topological polar surface area (TPSA) is 59.4 Å². The van der Waals surface area contributed by atoms with Gasteiger partial charge in [0, 0.05) is 12.3 Å². The van der Waals surface area contributed by atoms with E-state index in [-0.39, 0.29) is 0 Å². The molecule has 0 radical (unpaired) electrons. The van der Waals surface area contributed by atoms with Crippen LogP contribution in [-0.4, -0.2) is 22.7 Å². The molecule has 0 amide bonds. The maximum absolute atomic E-state index is 10.2. The van der Waals surface area contributed by atoms with Gasteiger partial charge in [-0.1, -0.05) is 0 Å². The molecular formula is C10H11NO3. The Hall–Kier alpha value is -1.84. The number of nitrogens with zero attached hydrogens (tertiary/aromatic N) is 1. The van der Waals surface area contributed by atoms with Crippen molar-refractivity contribution in [2.24, 2.45) is 0 Å². The molecule has 0 unspecified atom stereocenters. The maximum Gasteiger partial charge on any atom is 0.328 e. The van der Waals surface area contributed by atoms with Crippen molar-refractivity contribution in [3.8, 4) is 5.75 Å². The Morgan fingerprint density at radius 1 is 1.64 bits per heavy atom. The summed E-state index contributed by atoms with van der Waals surface area (Å²) in [5, 5.41) is 8.41. The van der Waals surface area contributed by atoms with E-state index < -0.39 is 5.97 Å². The first kappa shape index (κ1) is 10.2. The highest BCUT2D eigenvalue weighted by molar-refractivity contribution is 5.85. The van der Waals surface area contributed by atoms with Crippen molar-refractivity contribution in [1.29, 1.82) is 0 Å². The average molecular weight is 193 g/mol. The van der Waals surface area contributed by atoms with Gasteiger partial charge in [-0.3, -0.25) is 4.98 Å². The van der Waals surface area contributed by atoms with Crippen LogP contribution in [-0.2, 0) is 4.79 Å². The van der Waals surface area contributed by atoms with Gasteiger partial charge in [-0.2, -0.15) is 0 Å². The van der Waals surface area contributed by atoms with E-state index in [4.69, 9.17) is 9.84 Å². The second-order valence-corrected chi connectivity index (χ2v) is 2.56. The highest BCUT2D eigenvalue weighted by atomic mass is 16.5. The van der Waals surface area contributed by atoms with Gasteiger partial charge >= 0.3 is 5.97 Å². The summed E-state index contributed by atoms with van der Waals surface area (Å²) in [4.78, 5) is 14.2. The number of hydrogen-bond donors (Lipinski definition) is 1. The van der Waals surface area contributed by atoms with Crippen LogP contribution in [0.5, 0.6) is 5.75 Å². The minimum absolute atomic E-state index is 0.563. The van der Waals surface area contributed by atoms with Crippen molar-refractivity contribution >= 4 is 12.0 Å². The minimum Gasteiger partial charge on any atom is -0.492 e. The van der Waals surface area contributed by atoms with E-state index in [0.29, 0.717) is 17.9 Å². The van der Waals surface area contributed by atoms with Gasteiger partial charge in [0.1, 0.15) is 5.75 Å². The summed E-state index contributed by atoms with van der Waals surface area (Å²) in [7, 11) is 0. The van der Waals surface area contributed by atoms with Gasteiger partial charge in [-0.25, -0.2) is 4.79 Å². The van der Waals surface area contributed by atoms with E-state index >= 15 is 0 Å². The molecule has 1 N–H and O–H groups in total. The molecule has 74 valence electrons. The molecule has 0 aliphatic carbocycles. The Labute approximate surface area is 81.9 Å². The largest absolute Gasteiger partial charge is 0.492 e. The standard InChI is InChI=1S/C10H11NO3/c1-2-14-9-5-8(6-11-7-9)3-4-10(12)13/h3-7H,2H2,1H3,(H,12,13). The normalized spacial score (nSPS) is 10.4. The number of aliphatic carboxylic acids is 1. The Morgan fingerprint density at radius 3 is 3.07 bits per heavy atom. The monoisotopic (exact) mass is 193 g/mol. The lowest BCUT2D eigenvalue weighted by molar-refractivity contribution is -0.131. The summed E-state index contributed by atoms with van der Waals surface area (Å²) >= 11 is 0. The lowest BCUT2D eigenvalue weighted by Crippen LogP contribution is -1.92. The molecule has 0 aliphatic rings. The molecule has 0 saturated carbocycles. The second-order valence-electron chi connectivity index (χ2n) is 2.56. The molecule has 14 heavy (non-hydrogen) atoms. The molecule has 4 heteroatoms. The van der Waals surface area contributed by atoms with Crippen LogP contribution in [0.15, 0.2) is 24.5 Å². The predicted molar refractivity (Wildman–Crippen MR) is 52.1 cm³/mol. The summed E-state index contributed by atoms with van der Waals surface area (Å²) in [5.41, 5.74) is 0.707. The van der Waals surface area contributed by atoms with E-state index in [1.165, 1.54) is 6.08 Å². The van der Waals surface area contributed by atoms with Crippen molar-refractivity contribution < 1.29 is 14.6 Å². The number of aromatic nitrogens is 1. The molecule has 0 saturated heterocycles. The van der Waals surface area contributed by atoms with Crippen LogP contribution in [0.25, 0.3) is 6.08 Å². The maximum atomic E-state index is 10.2. The zero-order chi connectivity index (χ0) is 10.4. The first-order valence-corrected chi connectivity index (χ1v) is 4.21. The van der Waals surface area contributed by atoms with Gasteiger partial charge in [0.05, 0.1) is 12.8 Å². The molecule has 0 atom stereocenters. The van der Waals surface area contributed by atoms with Crippen LogP contribution in [0, 0.1) is 0 Å². The van der Waals surface area contributed by atoms with Gasteiger partial charge in [-0.05, 0) is 24.6 Å². The van der Waals surface area contributed by atoms with Gasteiger partial charge in [-0.15, -0.1) is 0 Å².